The Morgan fingerprint density at radius 1 is 1.50 bits per heavy atom. The van der Waals surface area contributed by atoms with Gasteiger partial charge in [-0.3, -0.25) is 9.59 Å². The topological polar surface area (TPSA) is 111 Å². The Hall–Kier alpha value is -1.82. The van der Waals surface area contributed by atoms with Gasteiger partial charge in [-0.15, -0.1) is 0 Å². The SMILES string of the molecule is CC(C)(CC(N)=O)NC(=O)c1cc(N)ncc1Cl. The van der Waals surface area contributed by atoms with Crippen LogP contribution in [-0.2, 0) is 4.79 Å². The van der Waals surface area contributed by atoms with E-state index < -0.39 is 17.4 Å². The first-order valence-electron chi connectivity index (χ1n) is 5.23. The van der Waals surface area contributed by atoms with Gasteiger partial charge in [0, 0.05) is 18.2 Å². The number of halogens is 1. The van der Waals surface area contributed by atoms with Gasteiger partial charge in [-0.05, 0) is 19.9 Å². The number of anilines is 1. The Bertz CT molecular complexity index is 488. The number of nitrogens with one attached hydrogen (secondary N) is 1. The molecule has 0 aliphatic carbocycles. The standard InChI is InChI=1S/C11H15ClN4O2/c1-11(2,4-9(14)17)16-10(18)6-3-8(13)15-5-7(6)12/h3,5H,4H2,1-2H3,(H2,13,15)(H2,14,17)(H,16,18). The van der Waals surface area contributed by atoms with Crippen LogP contribution in [0.5, 0.6) is 0 Å². The van der Waals surface area contributed by atoms with Crippen LogP contribution < -0.4 is 16.8 Å². The minimum absolute atomic E-state index is 0.0247. The first-order valence-corrected chi connectivity index (χ1v) is 5.61. The van der Waals surface area contributed by atoms with Crippen molar-refractivity contribution in [3.8, 4) is 0 Å². The molecular weight excluding hydrogens is 256 g/mol. The molecule has 1 rings (SSSR count). The Morgan fingerprint density at radius 2 is 2.11 bits per heavy atom. The van der Waals surface area contributed by atoms with Crippen molar-refractivity contribution in [3.63, 3.8) is 0 Å². The monoisotopic (exact) mass is 270 g/mol. The third-order valence-corrected chi connectivity index (χ3v) is 2.49. The van der Waals surface area contributed by atoms with Crippen molar-refractivity contribution in [3.05, 3.63) is 22.8 Å². The van der Waals surface area contributed by atoms with Crippen molar-refractivity contribution >= 4 is 29.2 Å². The summed E-state index contributed by atoms with van der Waals surface area (Å²) in [4.78, 5) is 26.6. The molecule has 1 heterocycles. The minimum Gasteiger partial charge on any atom is -0.384 e. The van der Waals surface area contributed by atoms with E-state index in [0.29, 0.717) is 0 Å². The summed E-state index contributed by atoms with van der Waals surface area (Å²) >= 11 is 5.86. The van der Waals surface area contributed by atoms with Crippen LogP contribution in [0.2, 0.25) is 5.02 Å². The molecule has 7 heteroatoms. The zero-order valence-electron chi connectivity index (χ0n) is 10.2. The van der Waals surface area contributed by atoms with Gasteiger partial charge in [-0.1, -0.05) is 11.6 Å². The van der Waals surface area contributed by atoms with E-state index in [2.05, 4.69) is 10.3 Å². The van der Waals surface area contributed by atoms with Crippen LogP contribution in [-0.4, -0.2) is 22.3 Å². The lowest BCUT2D eigenvalue weighted by Gasteiger charge is -2.25. The second-order valence-electron chi connectivity index (χ2n) is 4.57. The summed E-state index contributed by atoms with van der Waals surface area (Å²) in [5, 5.41) is 2.86. The average Bonchev–Trinajstić information content (AvgIpc) is 2.18. The van der Waals surface area contributed by atoms with Crippen LogP contribution in [0.15, 0.2) is 12.3 Å². The van der Waals surface area contributed by atoms with Gasteiger partial charge in [0.05, 0.1) is 10.6 Å². The summed E-state index contributed by atoms with van der Waals surface area (Å²) in [7, 11) is 0. The van der Waals surface area contributed by atoms with Crippen LogP contribution in [0, 0.1) is 0 Å². The molecule has 0 aliphatic rings. The molecule has 1 aromatic heterocycles. The predicted octanol–water partition coefficient (Wildman–Crippen LogP) is 0.701. The van der Waals surface area contributed by atoms with Gasteiger partial charge >= 0.3 is 0 Å². The van der Waals surface area contributed by atoms with Crippen molar-refractivity contribution in [2.24, 2.45) is 5.73 Å². The van der Waals surface area contributed by atoms with Gasteiger partial charge in [0.1, 0.15) is 5.82 Å². The molecule has 0 unspecified atom stereocenters. The summed E-state index contributed by atoms with van der Waals surface area (Å²) in [6, 6.07) is 1.37. The number of amides is 2. The van der Waals surface area contributed by atoms with E-state index in [1.807, 2.05) is 0 Å². The van der Waals surface area contributed by atoms with Gasteiger partial charge in [0.2, 0.25) is 5.91 Å². The lowest BCUT2D eigenvalue weighted by Crippen LogP contribution is -2.46. The van der Waals surface area contributed by atoms with E-state index >= 15 is 0 Å². The highest BCUT2D eigenvalue weighted by molar-refractivity contribution is 6.33. The highest BCUT2D eigenvalue weighted by Crippen LogP contribution is 2.18. The van der Waals surface area contributed by atoms with Crippen LogP contribution in [0.1, 0.15) is 30.6 Å². The molecule has 2 amide bonds. The smallest absolute Gasteiger partial charge is 0.253 e. The Balaban J connectivity index is 2.88. The van der Waals surface area contributed by atoms with Crippen molar-refractivity contribution in [2.75, 3.05) is 5.73 Å². The van der Waals surface area contributed by atoms with E-state index in [1.165, 1.54) is 12.3 Å². The average molecular weight is 271 g/mol. The van der Waals surface area contributed by atoms with Crippen molar-refractivity contribution in [2.45, 2.75) is 25.8 Å². The van der Waals surface area contributed by atoms with Crippen molar-refractivity contribution < 1.29 is 9.59 Å². The molecule has 5 N–H and O–H groups in total. The lowest BCUT2D eigenvalue weighted by atomic mass is 9.99. The maximum Gasteiger partial charge on any atom is 0.253 e. The predicted molar refractivity (Wildman–Crippen MR) is 69.0 cm³/mol. The fraction of sp³-hybridized carbons (Fsp3) is 0.364. The molecule has 0 atom stereocenters. The normalized spacial score (nSPS) is 11.1. The van der Waals surface area contributed by atoms with Crippen molar-refractivity contribution in [1.82, 2.24) is 10.3 Å². The Kier molecular flexibility index (Phi) is 4.13. The van der Waals surface area contributed by atoms with E-state index in [-0.39, 0.29) is 22.8 Å². The lowest BCUT2D eigenvalue weighted by molar-refractivity contribution is -0.119. The zero-order chi connectivity index (χ0) is 13.9. The first-order chi connectivity index (χ1) is 8.21. The van der Waals surface area contributed by atoms with Crippen molar-refractivity contribution in [1.29, 1.82) is 0 Å². The van der Waals surface area contributed by atoms with Gasteiger partial charge in [-0.25, -0.2) is 4.98 Å². The molecule has 0 saturated carbocycles. The fourth-order valence-electron chi connectivity index (χ4n) is 1.48. The number of pyridine rings is 1. The molecule has 0 radical (unpaired) electrons. The Labute approximate surface area is 110 Å². The molecule has 1 aromatic rings. The van der Waals surface area contributed by atoms with Gasteiger partial charge in [-0.2, -0.15) is 0 Å². The number of rotatable bonds is 4. The third kappa shape index (κ3) is 3.89. The van der Waals surface area contributed by atoms with Gasteiger partial charge in [0.15, 0.2) is 0 Å². The highest BCUT2D eigenvalue weighted by Gasteiger charge is 2.24. The number of primary amides is 1. The molecule has 18 heavy (non-hydrogen) atoms. The van der Waals surface area contributed by atoms with E-state index in [0.717, 1.165) is 0 Å². The summed E-state index contributed by atoms with van der Waals surface area (Å²) in [5.41, 5.74) is 10.0. The van der Waals surface area contributed by atoms with E-state index in [9.17, 15) is 9.59 Å². The summed E-state index contributed by atoms with van der Waals surface area (Å²) in [5.74, 6) is -0.738. The van der Waals surface area contributed by atoms with E-state index in [4.69, 9.17) is 23.1 Å². The van der Waals surface area contributed by atoms with Crippen LogP contribution in [0.25, 0.3) is 0 Å². The maximum absolute atomic E-state index is 12.0. The number of aromatic nitrogens is 1. The maximum atomic E-state index is 12.0. The number of nitrogens with zero attached hydrogens (tertiary/aromatic N) is 1. The van der Waals surface area contributed by atoms with Crippen LogP contribution in [0.4, 0.5) is 5.82 Å². The zero-order valence-corrected chi connectivity index (χ0v) is 10.9. The molecule has 0 bridgehead atoms. The molecule has 0 aliphatic heterocycles. The molecular formula is C11H15ClN4O2. The number of hydrogen-bond donors (Lipinski definition) is 3. The minimum atomic E-state index is -0.760. The first kappa shape index (κ1) is 14.2. The molecule has 0 saturated heterocycles. The second-order valence-corrected chi connectivity index (χ2v) is 4.98. The van der Waals surface area contributed by atoms with Gasteiger partial charge in [0.25, 0.3) is 5.91 Å². The number of hydrogen-bond acceptors (Lipinski definition) is 4. The number of carbonyl (C=O) groups excluding carboxylic acids is 2. The highest BCUT2D eigenvalue weighted by atomic mass is 35.5. The van der Waals surface area contributed by atoms with E-state index in [1.54, 1.807) is 13.8 Å². The Morgan fingerprint density at radius 3 is 2.67 bits per heavy atom. The summed E-state index contributed by atoms with van der Waals surface area (Å²) in [6.07, 6.45) is 1.32. The molecule has 6 nitrogen and oxygen atoms in total. The second kappa shape index (κ2) is 5.22. The number of nitrogen functional groups attached to an aromatic ring is 1. The fourth-order valence-corrected chi connectivity index (χ4v) is 1.67. The molecule has 0 spiro atoms. The quantitative estimate of drug-likeness (QED) is 0.748. The van der Waals surface area contributed by atoms with Crippen LogP contribution in [0.3, 0.4) is 0 Å². The number of carbonyl (C=O) groups is 2. The largest absolute Gasteiger partial charge is 0.384 e. The number of nitrogens with two attached hydrogens (primary N) is 2. The molecule has 0 aromatic carbocycles. The summed E-state index contributed by atoms with van der Waals surface area (Å²) < 4.78 is 0. The summed E-state index contributed by atoms with van der Waals surface area (Å²) in [6.45, 7) is 3.38. The molecule has 0 fully saturated rings. The van der Waals surface area contributed by atoms with Gasteiger partial charge < -0.3 is 16.8 Å². The molecule has 98 valence electrons. The third-order valence-electron chi connectivity index (χ3n) is 2.19. The van der Waals surface area contributed by atoms with Crippen LogP contribution >= 0.6 is 11.6 Å².